The van der Waals surface area contributed by atoms with Crippen LogP contribution in [0.4, 0.5) is 0 Å². The van der Waals surface area contributed by atoms with Crippen molar-refractivity contribution in [3.8, 4) is 0 Å². The molecule has 0 saturated carbocycles. The van der Waals surface area contributed by atoms with E-state index in [4.69, 9.17) is 10.7 Å². The van der Waals surface area contributed by atoms with Crippen LogP contribution < -0.4 is 11.2 Å². The standard InChI is InChI=1S/C9H11ClN2O4S/c1-3-6(2)4-12-5-7(17(10,15)16)8(13)11-9(12)14/h5H,2-4H2,1H3,(H,11,13,14). The molecule has 0 aromatic carbocycles. The molecule has 0 amide bonds. The molecule has 0 radical (unpaired) electrons. The highest BCUT2D eigenvalue weighted by atomic mass is 35.7. The average Bonchev–Trinajstić information content (AvgIpc) is 2.19. The summed E-state index contributed by atoms with van der Waals surface area (Å²) in [6, 6.07) is 0. The SMILES string of the molecule is C=C(CC)Cn1cc(S(=O)(=O)Cl)c(=O)[nH]c1=O. The van der Waals surface area contributed by atoms with Gasteiger partial charge in [-0.3, -0.25) is 14.3 Å². The fraction of sp³-hybridized carbons (Fsp3) is 0.333. The van der Waals surface area contributed by atoms with Gasteiger partial charge < -0.3 is 0 Å². The summed E-state index contributed by atoms with van der Waals surface area (Å²) in [7, 11) is 0.897. The summed E-state index contributed by atoms with van der Waals surface area (Å²) >= 11 is 0. The van der Waals surface area contributed by atoms with E-state index in [1.54, 1.807) is 0 Å². The molecule has 1 rings (SSSR count). The lowest BCUT2D eigenvalue weighted by atomic mass is 10.2. The molecule has 0 atom stereocenters. The molecule has 0 aliphatic rings. The van der Waals surface area contributed by atoms with E-state index in [1.165, 1.54) is 0 Å². The predicted octanol–water partition coefficient (Wildman–Crippen LogP) is 0.430. The molecule has 1 heterocycles. The molecule has 0 unspecified atom stereocenters. The van der Waals surface area contributed by atoms with E-state index in [0.29, 0.717) is 6.42 Å². The number of rotatable bonds is 4. The van der Waals surface area contributed by atoms with Gasteiger partial charge in [0.15, 0.2) is 4.90 Å². The van der Waals surface area contributed by atoms with E-state index >= 15 is 0 Å². The van der Waals surface area contributed by atoms with Crippen molar-refractivity contribution in [2.45, 2.75) is 24.8 Å². The number of aromatic amines is 1. The summed E-state index contributed by atoms with van der Waals surface area (Å²) in [6.07, 6.45) is 1.55. The smallest absolute Gasteiger partial charge is 0.295 e. The van der Waals surface area contributed by atoms with Crippen LogP contribution in [0.25, 0.3) is 0 Å². The Kier molecular flexibility index (Phi) is 3.94. The Morgan fingerprint density at radius 1 is 1.53 bits per heavy atom. The zero-order valence-electron chi connectivity index (χ0n) is 9.07. The summed E-state index contributed by atoms with van der Waals surface area (Å²) < 4.78 is 23.2. The Hall–Kier alpha value is -1.34. The van der Waals surface area contributed by atoms with Crippen LogP contribution in [0.3, 0.4) is 0 Å². The number of H-pyrrole nitrogens is 1. The Morgan fingerprint density at radius 2 is 2.12 bits per heavy atom. The van der Waals surface area contributed by atoms with Crippen molar-refractivity contribution in [3.05, 3.63) is 39.2 Å². The van der Waals surface area contributed by atoms with Gasteiger partial charge in [0.05, 0.1) is 0 Å². The van der Waals surface area contributed by atoms with E-state index in [9.17, 15) is 18.0 Å². The maximum absolute atomic E-state index is 11.4. The highest BCUT2D eigenvalue weighted by Gasteiger charge is 2.17. The molecule has 0 spiro atoms. The molecule has 0 aliphatic heterocycles. The first-order chi connectivity index (χ1) is 7.75. The van der Waals surface area contributed by atoms with Crippen molar-refractivity contribution < 1.29 is 8.42 Å². The maximum Gasteiger partial charge on any atom is 0.328 e. The number of nitrogens with one attached hydrogen (secondary N) is 1. The number of allylic oxidation sites excluding steroid dienone is 1. The van der Waals surface area contributed by atoms with Crippen molar-refractivity contribution in [1.82, 2.24) is 9.55 Å². The lowest BCUT2D eigenvalue weighted by Crippen LogP contribution is -2.32. The molecule has 0 fully saturated rings. The van der Waals surface area contributed by atoms with Gasteiger partial charge in [-0.1, -0.05) is 19.1 Å². The third kappa shape index (κ3) is 3.31. The molecule has 1 aromatic rings. The normalized spacial score (nSPS) is 11.4. The number of hydrogen-bond acceptors (Lipinski definition) is 4. The molecule has 8 heteroatoms. The lowest BCUT2D eigenvalue weighted by Gasteiger charge is -2.06. The van der Waals surface area contributed by atoms with Crippen LogP contribution in [0, 0.1) is 0 Å². The van der Waals surface area contributed by atoms with Crippen molar-refractivity contribution in [3.63, 3.8) is 0 Å². The van der Waals surface area contributed by atoms with Crippen LogP contribution in [0.15, 0.2) is 32.8 Å². The largest absolute Gasteiger partial charge is 0.328 e. The lowest BCUT2D eigenvalue weighted by molar-refractivity contribution is 0.602. The van der Waals surface area contributed by atoms with Crippen LogP contribution in [0.1, 0.15) is 13.3 Å². The van der Waals surface area contributed by atoms with Crippen LogP contribution in [0.5, 0.6) is 0 Å². The molecule has 17 heavy (non-hydrogen) atoms. The highest BCUT2D eigenvalue weighted by molar-refractivity contribution is 8.13. The van der Waals surface area contributed by atoms with Crippen LogP contribution in [0.2, 0.25) is 0 Å². The Morgan fingerprint density at radius 3 is 2.59 bits per heavy atom. The maximum atomic E-state index is 11.4. The van der Waals surface area contributed by atoms with Gasteiger partial charge in [-0.25, -0.2) is 13.2 Å². The Labute approximate surface area is 102 Å². The fourth-order valence-electron chi connectivity index (χ4n) is 1.13. The first kappa shape index (κ1) is 13.7. The minimum Gasteiger partial charge on any atom is -0.295 e. The second-order valence-corrected chi connectivity index (χ2v) is 5.96. The monoisotopic (exact) mass is 278 g/mol. The molecule has 1 N–H and O–H groups in total. The summed E-state index contributed by atoms with van der Waals surface area (Å²) in [5.74, 6) is 0. The number of halogens is 1. The summed E-state index contributed by atoms with van der Waals surface area (Å²) in [5, 5.41) is 0. The summed E-state index contributed by atoms with van der Waals surface area (Å²) in [5.41, 5.74) is -1.01. The van der Waals surface area contributed by atoms with Gasteiger partial charge in [-0.15, -0.1) is 0 Å². The van der Waals surface area contributed by atoms with Crippen molar-refractivity contribution in [2.75, 3.05) is 0 Å². The number of nitrogens with zero attached hydrogens (tertiary/aromatic N) is 1. The van der Waals surface area contributed by atoms with Crippen molar-refractivity contribution in [1.29, 1.82) is 0 Å². The van der Waals surface area contributed by atoms with Crippen LogP contribution in [-0.4, -0.2) is 18.0 Å². The predicted molar refractivity (Wildman–Crippen MR) is 63.8 cm³/mol. The van der Waals surface area contributed by atoms with Gasteiger partial charge in [-0.2, -0.15) is 0 Å². The number of aromatic nitrogens is 2. The average molecular weight is 279 g/mol. The first-order valence-electron chi connectivity index (χ1n) is 4.70. The molecule has 0 saturated heterocycles. The zero-order chi connectivity index (χ0) is 13.2. The molecule has 6 nitrogen and oxygen atoms in total. The van der Waals surface area contributed by atoms with E-state index in [2.05, 4.69) is 6.58 Å². The molecule has 0 aliphatic carbocycles. The number of hydrogen-bond donors (Lipinski definition) is 1. The summed E-state index contributed by atoms with van der Waals surface area (Å²) in [4.78, 5) is 23.9. The van der Waals surface area contributed by atoms with E-state index < -0.39 is 25.2 Å². The van der Waals surface area contributed by atoms with E-state index in [-0.39, 0.29) is 6.54 Å². The third-order valence-electron chi connectivity index (χ3n) is 2.13. The summed E-state index contributed by atoms with van der Waals surface area (Å²) in [6.45, 7) is 5.67. The topological polar surface area (TPSA) is 89.0 Å². The van der Waals surface area contributed by atoms with Gasteiger partial charge in [0.2, 0.25) is 0 Å². The van der Waals surface area contributed by atoms with Crippen LogP contribution >= 0.6 is 10.7 Å². The van der Waals surface area contributed by atoms with E-state index in [0.717, 1.165) is 16.3 Å². The molecule has 1 aromatic heterocycles. The second kappa shape index (κ2) is 4.89. The van der Waals surface area contributed by atoms with Gasteiger partial charge in [0, 0.05) is 23.4 Å². The minimum absolute atomic E-state index is 0.130. The molecular weight excluding hydrogens is 268 g/mol. The van der Waals surface area contributed by atoms with Gasteiger partial charge >= 0.3 is 5.69 Å². The quantitative estimate of drug-likeness (QED) is 0.639. The zero-order valence-corrected chi connectivity index (χ0v) is 10.6. The van der Waals surface area contributed by atoms with Gasteiger partial charge in [-0.05, 0) is 6.42 Å². The highest BCUT2D eigenvalue weighted by Crippen LogP contribution is 2.08. The van der Waals surface area contributed by atoms with Gasteiger partial charge in [0.25, 0.3) is 14.6 Å². The minimum atomic E-state index is -4.18. The molecule has 94 valence electrons. The van der Waals surface area contributed by atoms with Gasteiger partial charge in [0.1, 0.15) is 0 Å². The van der Waals surface area contributed by atoms with Crippen molar-refractivity contribution >= 4 is 19.7 Å². The second-order valence-electron chi connectivity index (χ2n) is 3.42. The Balaban J connectivity index is 3.40. The first-order valence-corrected chi connectivity index (χ1v) is 7.01. The van der Waals surface area contributed by atoms with E-state index in [1.807, 2.05) is 11.9 Å². The van der Waals surface area contributed by atoms with Crippen molar-refractivity contribution in [2.24, 2.45) is 0 Å². The Bertz CT molecular complexity index is 656. The molecule has 0 bridgehead atoms. The third-order valence-corrected chi connectivity index (χ3v) is 3.45. The molecular formula is C9H11ClN2O4S. The fourth-order valence-corrected chi connectivity index (χ4v) is 1.99. The van der Waals surface area contributed by atoms with Crippen LogP contribution in [-0.2, 0) is 15.6 Å².